The van der Waals surface area contributed by atoms with Crippen LogP contribution in [0, 0.1) is 17.8 Å². The fourth-order valence-corrected chi connectivity index (χ4v) is 6.14. The van der Waals surface area contributed by atoms with E-state index in [1.54, 1.807) is 0 Å². The van der Waals surface area contributed by atoms with Crippen molar-refractivity contribution in [1.82, 2.24) is 15.5 Å². The molecular formula is C19H31N3O2. The van der Waals surface area contributed by atoms with Crippen LogP contribution in [0.5, 0.6) is 0 Å². The van der Waals surface area contributed by atoms with Crippen LogP contribution in [0.15, 0.2) is 0 Å². The van der Waals surface area contributed by atoms with E-state index in [0.29, 0.717) is 13.0 Å². The standard InChI is InChI=1S/C19H31N3O2/c23-17(13-20-4-2-6-22-5-1-3-18(22)24)21-19-10-14-7-15(11-19)9-16(8-14)12-19/h14-16,20H,1-13H2,(H,21,23). The van der Waals surface area contributed by atoms with Crippen LogP contribution in [-0.2, 0) is 9.59 Å². The lowest BCUT2D eigenvalue weighted by atomic mass is 9.53. The molecule has 5 aliphatic rings. The summed E-state index contributed by atoms with van der Waals surface area (Å²) in [6, 6.07) is 0. The van der Waals surface area contributed by atoms with E-state index >= 15 is 0 Å². The third kappa shape index (κ3) is 3.46. The summed E-state index contributed by atoms with van der Waals surface area (Å²) in [5, 5.41) is 6.65. The van der Waals surface area contributed by atoms with Crippen molar-refractivity contribution < 1.29 is 9.59 Å². The Bertz CT molecular complexity index is 470. The van der Waals surface area contributed by atoms with Crippen molar-refractivity contribution in [3.63, 3.8) is 0 Å². The predicted octanol–water partition coefficient (Wildman–Crippen LogP) is 1.67. The third-order valence-corrected chi connectivity index (χ3v) is 6.68. The van der Waals surface area contributed by atoms with Crippen molar-refractivity contribution in [2.45, 2.75) is 63.3 Å². The lowest BCUT2D eigenvalue weighted by Gasteiger charge is -2.56. The molecule has 4 bridgehead atoms. The Morgan fingerprint density at radius 2 is 1.79 bits per heavy atom. The maximum Gasteiger partial charge on any atom is 0.234 e. The van der Waals surface area contributed by atoms with Crippen LogP contribution in [0.1, 0.15) is 57.8 Å². The Balaban J connectivity index is 1.16. The summed E-state index contributed by atoms with van der Waals surface area (Å²) in [5.41, 5.74) is 0.121. The Morgan fingerprint density at radius 3 is 2.38 bits per heavy atom. The minimum absolute atomic E-state index is 0.121. The first kappa shape index (κ1) is 16.4. The number of carbonyl (C=O) groups excluding carboxylic acids is 2. The highest BCUT2D eigenvalue weighted by atomic mass is 16.2. The molecule has 1 aliphatic heterocycles. The van der Waals surface area contributed by atoms with Gasteiger partial charge in [0.2, 0.25) is 11.8 Å². The highest BCUT2D eigenvalue weighted by Gasteiger charge is 2.51. The summed E-state index contributed by atoms with van der Waals surface area (Å²) in [4.78, 5) is 25.8. The van der Waals surface area contributed by atoms with Gasteiger partial charge in [0.25, 0.3) is 0 Å². The van der Waals surface area contributed by atoms with Crippen LogP contribution < -0.4 is 10.6 Å². The van der Waals surface area contributed by atoms with Crippen molar-refractivity contribution in [3.8, 4) is 0 Å². The van der Waals surface area contributed by atoms with Crippen molar-refractivity contribution in [2.75, 3.05) is 26.2 Å². The van der Waals surface area contributed by atoms with Gasteiger partial charge >= 0.3 is 0 Å². The molecule has 134 valence electrons. The number of hydrogen-bond acceptors (Lipinski definition) is 3. The monoisotopic (exact) mass is 333 g/mol. The van der Waals surface area contributed by atoms with Gasteiger partial charge in [0.15, 0.2) is 0 Å². The molecule has 24 heavy (non-hydrogen) atoms. The second-order valence-corrected chi connectivity index (χ2v) is 8.76. The molecule has 2 N–H and O–H groups in total. The molecule has 2 amide bonds. The van der Waals surface area contributed by atoms with Gasteiger partial charge in [-0.1, -0.05) is 0 Å². The number of rotatable bonds is 7. The molecule has 0 aromatic rings. The van der Waals surface area contributed by atoms with Crippen LogP contribution >= 0.6 is 0 Å². The summed E-state index contributed by atoms with van der Waals surface area (Å²) >= 11 is 0. The number of nitrogens with one attached hydrogen (secondary N) is 2. The molecule has 5 heteroatoms. The molecule has 0 aromatic carbocycles. The van der Waals surface area contributed by atoms with Gasteiger partial charge in [-0.15, -0.1) is 0 Å². The van der Waals surface area contributed by atoms with E-state index < -0.39 is 0 Å². The number of amides is 2. The van der Waals surface area contributed by atoms with Gasteiger partial charge in [-0.2, -0.15) is 0 Å². The van der Waals surface area contributed by atoms with E-state index in [1.165, 1.54) is 38.5 Å². The number of nitrogens with zero attached hydrogens (tertiary/aromatic N) is 1. The SMILES string of the molecule is O=C(CNCCCN1CCCC1=O)NC12CC3CC(CC(C3)C1)C2. The zero-order valence-electron chi connectivity index (χ0n) is 14.7. The molecule has 0 aromatic heterocycles. The fraction of sp³-hybridized carbons (Fsp3) is 0.895. The normalized spacial score (nSPS) is 37.2. The van der Waals surface area contributed by atoms with Gasteiger partial charge in [-0.25, -0.2) is 0 Å². The van der Waals surface area contributed by atoms with Crippen molar-refractivity contribution in [2.24, 2.45) is 17.8 Å². The zero-order valence-corrected chi connectivity index (χ0v) is 14.7. The second-order valence-electron chi connectivity index (χ2n) is 8.76. The summed E-state index contributed by atoms with van der Waals surface area (Å²) in [6.45, 7) is 2.95. The van der Waals surface area contributed by atoms with Gasteiger partial charge in [0.05, 0.1) is 6.54 Å². The van der Waals surface area contributed by atoms with Crippen molar-refractivity contribution in [3.05, 3.63) is 0 Å². The molecule has 1 saturated heterocycles. The number of hydrogen-bond donors (Lipinski definition) is 2. The van der Waals surface area contributed by atoms with Gasteiger partial charge in [0.1, 0.15) is 0 Å². The fourth-order valence-electron chi connectivity index (χ4n) is 6.14. The summed E-state index contributed by atoms with van der Waals surface area (Å²) in [6.07, 6.45) is 10.5. The average molecular weight is 333 g/mol. The number of likely N-dealkylation sites (tertiary alicyclic amines) is 1. The first-order valence-corrected chi connectivity index (χ1v) is 9.91. The quantitative estimate of drug-likeness (QED) is 0.697. The molecule has 5 fully saturated rings. The molecule has 5 rings (SSSR count). The largest absolute Gasteiger partial charge is 0.350 e. The molecule has 1 heterocycles. The summed E-state index contributed by atoms with van der Waals surface area (Å²) < 4.78 is 0. The van der Waals surface area contributed by atoms with E-state index in [0.717, 1.165) is 50.2 Å². The van der Waals surface area contributed by atoms with Gasteiger partial charge in [0, 0.05) is 25.0 Å². The van der Waals surface area contributed by atoms with Crippen LogP contribution in [0.3, 0.4) is 0 Å². The zero-order chi connectivity index (χ0) is 16.6. The smallest absolute Gasteiger partial charge is 0.234 e. The van der Waals surface area contributed by atoms with E-state index in [-0.39, 0.29) is 17.4 Å². The third-order valence-electron chi connectivity index (χ3n) is 6.68. The van der Waals surface area contributed by atoms with Crippen LogP contribution in [0.4, 0.5) is 0 Å². The van der Waals surface area contributed by atoms with E-state index in [2.05, 4.69) is 10.6 Å². The molecule has 0 unspecified atom stereocenters. The van der Waals surface area contributed by atoms with Crippen LogP contribution in [-0.4, -0.2) is 48.4 Å². The maximum absolute atomic E-state index is 12.4. The highest BCUT2D eigenvalue weighted by Crippen LogP contribution is 2.55. The summed E-state index contributed by atoms with van der Waals surface area (Å²) in [5.74, 6) is 3.04. The minimum atomic E-state index is 0.121. The van der Waals surface area contributed by atoms with E-state index in [9.17, 15) is 9.59 Å². The molecule has 0 spiro atoms. The Labute approximate surface area is 144 Å². The van der Waals surface area contributed by atoms with Gasteiger partial charge < -0.3 is 15.5 Å². The van der Waals surface area contributed by atoms with E-state index in [1.807, 2.05) is 4.90 Å². The Kier molecular flexibility index (Phi) is 4.54. The lowest BCUT2D eigenvalue weighted by Crippen LogP contribution is -2.60. The first-order valence-electron chi connectivity index (χ1n) is 9.91. The Hall–Kier alpha value is -1.10. The lowest BCUT2D eigenvalue weighted by molar-refractivity contribution is -0.128. The highest BCUT2D eigenvalue weighted by molar-refractivity contribution is 5.79. The van der Waals surface area contributed by atoms with Gasteiger partial charge in [-0.05, 0) is 75.7 Å². The van der Waals surface area contributed by atoms with Crippen molar-refractivity contribution >= 4 is 11.8 Å². The van der Waals surface area contributed by atoms with Crippen molar-refractivity contribution in [1.29, 1.82) is 0 Å². The topological polar surface area (TPSA) is 61.4 Å². The predicted molar refractivity (Wildman–Crippen MR) is 92.3 cm³/mol. The minimum Gasteiger partial charge on any atom is -0.350 e. The molecule has 0 radical (unpaired) electrons. The molecular weight excluding hydrogens is 302 g/mol. The van der Waals surface area contributed by atoms with Crippen LogP contribution in [0.25, 0.3) is 0 Å². The first-order chi connectivity index (χ1) is 11.6. The molecule has 0 atom stereocenters. The van der Waals surface area contributed by atoms with Gasteiger partial charge in [-0.3, -0.25) is 9.59 Å². The molecule has 4 aliphatic carbocycles. The molecule has 5 nitrogen and oxygen atoms in total. The average Bonchev–Trinajstić information content (AvgIpc) is 2.90. The summed E-state index contributed by atoms with van der Waals surface area (Å²) in [7, 11) is 0. The number of carbonyl (C=O) groups is 2. The second kappa shape index (κ2) is 6.66. The Morgan fingerprint density at radius 1 is 1.12 bits per heavy atom. The van der Waals surface area contributed by atoms with E-state index in [4.69, 9.17) is 0 Å². The maximum atomic E-state index is 12.4. The molecule has 4 saturated carbocycles. The van der Waals surface area contributed by atoms with Crippen LogP contribution in [0.2, 0.25) is 0 Å².